The molecule has 1 aliphatic carbocycles. The average molecular weight is 334 g/mol. The zero-order chi connectivity index (χ0) is 17.2. The third kappa shape index (κ3) is 3.28. The van der Waals surface area contributed by atoms with Crippen LogP contribution in [0.1, 0.15) is 53.6 Å². The quantitative estimate of drug-likeness (QED) is 0.859. The van der Waals surface area contributed by atoms with Crippen molar-refractivity contribution in [2.45, 2.75) is 51.7 Å². The third-order valence-electron chi connectivity index (χ3n) is 5.63. The van der Waals surface area contributed by atoms with Gasteiger partial charge in [0, 0.05) is 12.2 Å². The number of anilines is 1. The molecule has 1 aliphatic heterocycles. The van der Waals surface area contributed by atoms with E-state index in [1.54, 1.807) is 0 Å². The highest BCUT2D eigenvalue weighted by molar-refractivity contribution is 6.01. The van der Waals surface area contributed by atoms with Gasteiger partial charge in [-0.15, -0.1) is 0 Å². The van der Waals surface area contributed by atoms with E-state index in [0.29, 0.717) is 12.5 Å². The molecule has 3 heteroatoms. The lowest BCUT2D eigenvalue weighted by molar-refractivity contribution is 0.0569. The molecule has 1 N–H and O–H groups in total. The number of amides is 1. The zero-order valence-electron chi connectivity index (χ0n) is 14.9. The van der Waals surface area contributed by atoms with Gasteiger partial charge in [0.05, 0.1) is 5.56 Å². The SMILES string of the molecule is Cc1ccc(CN2C(=O)c3ccccc3N[C@H]2C2CCCCC2)cc1. The van der Waals surface area contributed by atoms with Gasteiger partial charge in [-0.3, -0.25) is 4.79 Å². The molecule has 0 bridgehead atoms. The highest BCUT2D eigenvalue weighted by Gasteiger charge is 2.36. The molecule has 0 aromatic heterocycles. The summed E-state index contributed by atoms with van der Waals surface area (Å²) in [5.74, 6) is 0.696. The highest BCUT2D eigenvalue weighted by Crippen LogP contribution is 2.35. The van der Waals surface area contributed by atoms with Gasteiger partial charge in [-0.2, -0.15) is 0 Å². The molecule has 3 nitrogen and oxygen atoms in total. The van der Waals surface area contributed by atoms with Crippen LogP contribution in [0.2, 0.25) is 0 Å². The number of carbonyl (C=O) groups is 1. The van der Waals surface area contributed by atoms with Crippen LogP contribution in [0.5, 0.6) is 0 Å². The van der Waals surface area contributed by atoms with Gasteiger partial charge in [0.25, 0.3) is 5.91 Å². The molecule has 1 saturated carbocycles. The van der Waals surface area contributed by atoms with Crippen molar-refractivity contribution in [1.82, 2.24) is 4.90 Å². The van der Waals surface area contributed by atoms with Gasteiger partial charge in [-0.25, -0.2) is 0 Å². The molecule has 0 unspecified atom stereocenters. The van der Waals surface area contributed by atoms with Crippen molar-refractivity contribution < 1.29 is 4.79 Å². The predicted molar refractivity (Wildman–Crippen MR) is 101 cm³/mol. The second kappa shape index (κ2) is 6.91. The van der Waals surface area contributed by atoms with Crippen LogP contribution in [0.25, 0.3) is 0 Å². The molecule has 1 atom stereocenters. The molecule has 2 aromatic rings. The van der Waals surface area contributed by atoms with Gasteiger partial charge >= 0.3 is 0 Å². The first-order valence-electron chi connectivity index (χ1n) is 9.44. The molecule has 2 aliphatic rings. The molecular weight excluding hydrogens is 308 g/mol. The largest absolute Gasteiger partial charge is 0.364 e. The molecule has 0 radical (unpaired) electrons. The monoisotopic (exact) mass is 334 g/mol. The maximum Gasteiger partial charge on any atom is 0.257 e. The first kappa shape index (κ1) is 16.2. The van der Waals surface area contributed by atoms with E-state index in [-0.39, 0.29) is 12.1 Å². The van der Waals surface area contributed by atoms with E-state index in [1.165, 1.54) is 43.2 Å². The van der Waals surface area contributed by atoms with E-state index < -0.39 is 0 Å². The van der Waals surface area contributed by atoms with Crippen LogP contribution in [0.3, 0.4) is 0 Å². The van der Waals surface area contributed by atoms with Crippen molar-refractivity contribution in [2.24, 2.45) is 5.92 Å². The summed E-state index contributed by atoms with van der Waals surface area (Å²) in [5.41, 5.74) is 4.23. The summed E-state index contributed by atoms with van der Waals surface area (Å²) in [5, 5.41) is 3.68. The summed E-state index contributed by atoms with van der Waals surface area (Å²) in [4.78, 5) is 15.3. The summed E-state index contributed by atoms with van der Waals surface area (Å²) in [6.07, 6.45) is 6.39. The topological polar surface area (TPSA) is 32.3 Å². The fourth-order valence-electron chi connectivity index (χ4n) is 4.20. The first-order valence-corrected chi connectivity index (χ1v) is 9.44. The molecule has 0 spiro atoms. The normalized spacial score (nSPS) is 20.9. The Balaban J connectivity index is 1.66. The number of nitrogens with zero attached hydrogens (tertiary/aromatic N) is 1. The number of hydrogen-bond acceptors (Lipinski definition) is 2. The van der Waals surface area contributed by atoms with E-state index in [2.05, 4.69) is 41.4 Å². The number of nitrogens with one attached hydrogen (secondary N) is 1. The Morgan fingerprint density at radius 1 is 1.00 bits per heavy atom. The van der Waals surface area contributed by atoms with Crippen molar-refractivity contribution in [3.8, 4) is 0 Å². The van der Waals surface area contributed by atoms with Crippen LogP contribution >= 0.6 is 0 Å². The molecule has 2 aromatic carbocycles. The lowest BCUT2D eigenvalue weighted by Crippen LogP contribution is -2.52. The lowest BCUT2D eigenvalue weighted by atomic mass is 9.85. The van der Waals surface area contributed by atoms with Crippen molar-refractivity contribution in [3.05, 3.63) is 65.2 Å². The lowest BCUT2D eigenvalue weighted by Gasteiger charge is -2.43. The molecule has 4 rings (SSSR count). The number of carbonyl (C=O) groups excluding carboxylic acids is 1. The molecule has 1 heterocycles. The van der Waals surface area contributed by atoms with Gasteiger partial charge in [0.2, 0.25) is 0 Å². The maximum atomic E-state index is 13.2. The van der Waals surface area contributed by atoms with Gasteiger partial charge in [-0.1, -0.05) is 61.2 Å². The molecule has 25 heavy (non-hydrogen) atoms. The van der Waals surface area contributed by atoms with Gasteiger partial charge in [-0.05, 0) is 43.4 Å². The Bertz CT molecular complexity index is 747. The fraction of sp³-hybridized carbons (Fsp3) is 0.409. The summed E-state index contributed by atoms with van der Waals surface area (Å²) in [7, 11) is 0. The van der Waals surface area contributed by atoms with Crippen LogP contribution in [0, 0.1) is 12.8 Å². The van der Waals surface area contributed by atoms with E-state index in [1.807, 2.05) is 24.3 Å². The smallest absolute Gasteiger partial charge is 0.257 e. The third-order valence-corrected chi connectivity index (χ3v) is 5.63. The van der Waals surface area contributed by atoms with Crippen LogP contribution in [-0.2, 0) is 6.54 Å². The molecule has 130 valence electrons. The van der Waals surface area contributed by atoms with Crippen molar-refractivity contribution >= 4 is 11.6 Å². The second-order valence-corrected chi connectivity index (χ2v) is 7.45. The molecular formula is C22H26N2O. The van der Waals surface area contributed by atoms with Crippen LogP contribution < -0.4 is 5.32 Å². The standard InChI is InChI=1S/C22H26N2O/c1-16-11-13-17(14-12-16)15-24-21(18-7-3-2-4-8-18)23-20-10-6-5-9-19(20)22(24)25/h5-6,9-14,18,21,23H,2-4,7-8,15H2,1H3/t21-/m1/s1. The average Bonchev–Trinajstić information content (AvgIpc) is 2.66. The number of hydrogen-bond donors (Lipinski definition) is 1. The summed E-state index contributed by atoms with van der Waals surface area (Å²) < 4.78 is 0. The number of rotatable bonds is 3. The van der Waals surface area contributed by atoms with E-state index >= 15 is 0 Å². The van der Waals surface area contributed by atoms with E-state index in [9.17, 15) is 4.79 Å². The summed E-state index contributed by atoms with van der Waals surface area (Å²) in [6.45, 7) is 2.76. The number of benzene rings is 2. The van der Waals surface area contributed by atoms with Gasteiger partial charge < -0.3 is 10.2 Å². The number of aryl methyl sites for hydroxylation is 1. The maximum absolute atomic E-state index is 13.2. The Kier molecular flexibility index (Phi) is 4.48. The van der Waals surface area contributed by atoms with Gasteiger partial charge in [0.15, 0.2) is 0 Å². The highest BCUT2D eigenvalue weighted by atomic mass is 16.2. The minimum Gasteiger partial charge on any atom is -0.364 e. The zero-order valence-corrected chi connectivity index (χ0v) is 14.9. The fourth-order valence-corrected chi connectivity index (χ4v) is 4.20. The molecule has 0 saturated heterocycles. The summed E-state index contributed by atoms with van der Waals surface area (Å²) >= 11 is 0. The Labute approximate surface area is 150 Å². The van der Waals surface area contributed by atoms with Gasteiger partial charge in [0.1, 0.15) is 6.17 Å². The van der Waals surface area contributed by atoms with Crippen LogP contribution in [0.4, 0.5) is 5.69 Å². The van der Waals surface area contributed by atoms with Crippen molar-refractivity contribution in [3.63, 3.8) is 0 Å². The molecule has 1 amide bonds. The number of fused-ring (bicyclic) bond motifs is 1. The van der Waals surface area contributed by atoms with Crippen molar-refractivity contribution in [1.29, 1.82) is 0 Å². The predicted octanol–water partition coefficient (Wildman–Crippen LogP) is 4.97. The van der Waals surface area contributed by atoms with E-state index in [4.69, 9.17) is 0 Å². The Morgan fingerprint density at radius 2 is 1.72 bits per heavy atom. The minimum atomic E-state index is 0.101. The minimum absolute atomic E-state index is 0.101. The number of para-hydroxylation sites is 1. The van der Waals surface area contributed by atoms with Crippen molar-refractivity contribution in [2.75, 3.05) is 5.32 Å². The Morgan fingerprint density at radius 3 is 2.48 bits per heavy atom. The van der Waals surface area contributed by atoms with Crippen LogP contribution in [-0.4, -0.2) is 17.0 Å². The summed E-state index contributed by atoms with van der Waals surface area (Å²) in [6, 6.07) is 16.5. The first-order chi connectivity index (χ1) is 12.2. The second-order valence-electron chi connectivity index (χ2n) is 7.45. The van der Waals surface area contributed by atoms with E-state index in [0.717, 1.165) is 11.3 Å². The Hall–Kier alpha value is -2.29. The molecule has 1 fully saturated rings. The van der Waals surface area contributed by atoms with Crippen LogP contribution in [0.15, 0.2) is 48.5 Å².